The molecule has 7 nitrogen and oxygen atoms in total. The van der Waals surface area contributed by atoms with Crippen LogP contribution in [-0.2, 0) is 16.1 Å². The Morgan fingerprint density at radius 2 is 2.04 bits per heavy atom. The predicted octanol–water partition coefficient (Wildman–Crippen LogP) is 0.246. The predicted molar refractivity (Wildman–Crippen MR) is 92.2 cm³/mol. The third kappa shape index (κ3) is 2.78. The summed E-state index contributed by atoms with van der Waals surface area (Å²) in [7, 11) is 2.08. The maximum atomic E-state index is 12.7. The third-order valence-corrected chi connectivity index (χ3v) is 5.50. The van der Waals surface area contributed by atoms with Crippen molar-refractivity contribution < 1.29 is 14.4 Å². The maximum absolute atomic E-state index is 12.7. The number of fused-ring (bicyclic) bond motifs is 1. The summed E-state index contributed by atoms with van der Waals surface area (Å²) < 4.78 is 0. The van der Waals surface area contributed by atoms with Gasteiger partial charge in [0.05, 0.1) is 0 Å². The number of rotatable bonds is 3. The highest BCUT2D eigenvalue weighted by Crippen LogP contribution is 2.31. The van der Waals surface area contributed by atoms with Gasteiger partial charge in [0.25, 0.3) is 5.91 Å². The molecular formula is C18H22N4O3. The maximum Gasteiger partial charge on any atom is 0.255 e. The van der Waals surface area contributed by atoms with Gasteiger partial charge in [-0.05, 0) is 43.1 Å². The largest absolute Gasteiger partial charge is 0.370 e. The molecule has 2 fully saturated rings. The van der Waals surface area contributed by atoms with Gasteiger partial charge in [-0.25, -0.2) is 0 Å². The van der Waals surface area contributed by atoms with Crippen LogP contribution in [0.3, 0.4) is 0 Å². The van der Waals surface area contributed by atoms with E-state index in [1.807, 2.05) is 12.1 Å². The van der Waals surface area contributed by atoms with E-state index in [0.717, 1.165) is 30.8 Å². The molecule has 0 aromatic heterocycles. The number of hydrogen-bond acceptors (Lipinski definition) is 5. The Kier molecular flexibility index (Phi) is 3.95. The number of amides is 3. The number of likely N-dealkylation sites (N-methyl/N-ethyl adjacent to an activating group) is 1. The van der Waals surface area contributed by atoms with Crippen molar-refractivity contribution in [2.45, 2.75) is 37.9 Å². The van der Waals surface area contributed by atoms with Crippen LogP contribution in [0.15, 0.2) is 18.2 Å². The number of carbonyl (C=O) groups is 3. The van der Waals surface area contributed by atoms with Crippen molar-refractivity contribution in [2.75, 3.05) is 25.0 Å². The Morgan fingerprint density at radius 3 is 2.76 bits per heavy atom. The number of imide groups is 1. The number of benzene rings is 1. The molecule has 2 atom stereocenters. The van der Waals surface area contributed by atoms with E-state index in [4.69, 9.17) is 0 Å². The van der Waals surface area contributed by atoms with E-state index >= 15 is 0 Å². The van der Waals surface area contributed by atoms with Crippen molar-refractivity contribution in [1.82, 2.24) is 15.5 Å². The topological polar surface area (TPSA) is 81.8 Å². The van der Waals surface area contributed by atoms with Crippen LogP contribution in [0.25, 0.3) is 0 Å². The van der Waals surface area contributed by atoms with Gasteiger partial charge in [-0.15, -0.1) is 0 Å². The zero-order valence-corrected chi connectivity index (χ0v) is 14.2. The second-order valence-electron chi connectivity index (χ2n) is 7.00. The van der Waals surface area contributed by atoms with E-state index in [2.05, 4.69) is 28.6 Å². The van der Waals surface area contributed by atoms with Crippen LogP contribution in [0, 0.1) is 0 Å². The molecule has 0 spiro atoms. The lowest BCUT2D eigenvalue weighted by Crippen LogP contribution is -2.52. The Balaban J connectivity index is 1.55. The number of nitrogens with zero attached hydrogens (tertiary/aromatic N) is 2. The molecule has 1 unspecified atom stereocenters. The van der Waals surface area contributed by atoms with E-state index in [1.165, 1.54) is 0 Å². The molecule has 0 radical (unpaired) electrons. The monoisotopic (exact) mass is 342 g/mol. The zero-order chi connectivity index (χ0) is 17.6. The van der Waals surface area contributed by atoms with Crippen molar-refractivity contribution in [1.29, 1.82) is 0 Å². The van der Waals surface area contributed by atoms with E-state index in [1.54, 1.807) is 4.90 Å². The van der Waals surface area contributed by atoms with E-state index in [0.29, 0.717) is 24.6 Å². The molecule has 2 N–H and O–H groups in total. The quantitative estimate of drug-likeness (QED) is 0.770. The highest BCUT2D eigenvalue weighted by atomic mass is 16.2. The summed E-state index contributed by atoms with van der Waals surface area (Å²) in [6.07, 6.45) is 1.78. The first-order valence-corrected chi connectivity index (χ1v) is 8.76. The minimum absolute atomic E-state index is 0.124. The molecule has 2 saturated heterocycles. The Labute approximate surface area is 146 Å². The molecular weight excluding hydrogens is 320 g/mol. The van der Waals surface area contributed by atoms with Crippen molar-refractivity contribution in [3.05, 3.63) is 29.3 Å². The summed E-state index contributed by atoms with van der Waals surface area (Å²) in [5.74, 6) is -0.757. The van der Waals surface area contributed by atoms with Crippen molar-refractivity contribution >= 4 is 23.4 Å². The van der Waals surface area contributed by atoms with Gasteiger partial charge in [0.1, 0.15) is 6.04 Å². The van der Waals surface area contributed by atoms with Gasteiger partial charge in [0.15, 0.2) is 0 Å². The van der Waals surface area contributed by atoms with Crippen molar-refractivity contribution in [3.8, 4) is 0 Å². The average Bonchev–Trinajstić information content (AvgIpc) is 3.23. The van der Waals surface area contributed by atoms with Gasteiger partial charge in [-0.2, -0.15) is 0 Å². The van der Waals surface area contributed by atoms with E-state index in [9.17, 15) is 14.4 Å². The second kappa shape index (κ2) is 6.15. The van der Waals surface area contributed by atoms with Crippen LogP contribution >= 0.6 is 0 Å². The van der Waals surface area contributed by atoms with Crippen LogP contribution < -0.4 is 15.5 Å². The van der Waals surface area contributed by atoms with Gasteiger partial charge in [0.2, 0.25) is 11.8 Å². The number of carbonyl (C=O) groups excluding carboxylic acids is 3. The molecule has 0 aliphatic carbocycles. The number of piperidine rings is 1. The van der Waals surface area contributed by atoms with Gasteiger partial charge in [0, 0.05) is 43.9 Å². The van der Waals surface area contributed by atoms with E-state index in [-0.39, 0.29) is 24.1 Å². The number of nitrogens with one attached hydrogen (secondary N) is 2. The summed E-state index contributed by atoms with van der Waals surface area (Å²) in [5.41, 5.74) is 2.70. The molecule has 0 saturated carbocycles. The minimum atomic E-state index is -0.558. The summed E-state index contributed by atoms with van der Waals surface area (Å²) in [4.78, 5) is 40.0. The van der Waals surface area contributed by atoms with Gasteiger partial charge >= 0.3 is 0 Å². The smallest absolute Gasteiger partial charge is 0.255 e. The average molecular weight is 342 g/mol. The molecule has 4 rings (SSSR count). The first-order chi connectivity index (χ1) is 12.0. The second-order valence-corrected chi connectivity index (χ2v) is 7.00. The minimum Gasteiger partial charge on any atom is -0.370 e. The first-order valence-electron chi connectivity index (χ1n) is 8.76. The van der Waals surface area contributed by atoms with Crippen LogP contribution in [0.4, 0.5) is 5.69 Å². The molecule has 25 heavy (non-hydrogen) atoms. The highest BCUT2D eigenvalue weighted by Gasteiger charge is 2.39. The van der Waals surface area contributed by atoms with Crippen LogP contribution in [0.2, 0.25) is 0 Å². The molecule has 3 aliphatic rings. The fourth-order valence-electron chi connectivity index (χ4n) is 3.96. The summed E-state index contributed by atoms with van der Waals surface area (Å²) >= 11 is 0. The fraction of sp³-hybridized carbons (Fsp3) is 0.500. The Bertz CT molecular complexity index is 742. The molecule has 3 aliphatic heterocycles. The highest BCUT2D eigenvalue weighted by molar-refractivity contribution is 6.05. The summed E-state index contributed by atoms with van der Waals surface area (Å²) in [6.45, 7) is 2.42. The normalized spacial score (nSPS) is 26.0. The standard InChI is InChI=1S/C18H22N4O3/c1-21(13-6-7-19-9-13)12-2-3-14-11(8-12)10-22(18(14)25)15-4-5-16(23)20-17(15)24/h2-3,8,13,15,19H,4-7,9-10H2,1H3,(H,20,23,24)/t13-,15?/m1/s1. The first kappa shape index (κ1) is 16.1. The van der Waals surface area contributed by atoms with Crippen molar-refractivity contribution in [2.24, 2.45) is 0 Å². The van der Waals surface area contributed by atoms with Gasteiger partial charge in [-0.3, -0.25) is 19.7 Å². The van der Waals surface area contributed by atoms with Crippen molar-refractivity contribution in [3.63, 3.8) is 0 Å². The molecule has 3 heterocycles. The lowest BCUT2D eigenvalue weighted by Gasteiger charge is -2.29. The van der Waals surface area contributed by atoms with Crippen LogP contribution in [-0.4, -0.2) is 54.8 Å². The zero-order valence-electron chi connectivity index (χ0n) is 14.2. The van der Waals surface area contributed by atoms with Crippen LogP contribution in [0.1, 0.15) is 35.2 Å². The fourth-order valence-corrected chi connectivity index (χ4v) is 3.96. The van der Waals surface area contributed by atoms with E-state index < -0.39 is 6.04 Å². The van der Waals surface area contributed by atoms with Gasteiger partial charge < -0.3 is 15.1 Å². The number of hydrogen-bond donors (Lipinski definition) is 2. The molecule has 1 aromatic rings. The molecule has 0 bridgehead atoms. The third-order valence-electron chi connectivity index (χ3n) is 5.50. The SMILES string of the molecule is CN(c1ccc2c(c1)CN(C1CCC(=O)NC1=O)C2=O)[C@@H]1CCNC1. The molecule has 7 heteroatoms. The molecule has 3 amide bonds. The lowest BCUT2D eigenvalue weighted by molar-refractivity contribution is -0.136. The van der Waals surface area contributed by atoms with Gasteiger partial charge in [-0.1, -0.05) is 0 Å². The summed E-state index contributed by atoms with van der Waals surface area (Å²) in [5, 5.41) is 5.70. The van der Waals surface area contributed by atoms with Crippen LogP contribution in [0.5, 0.6) is 0 Å². The lowest BCUT2D eigenvalue weighted by atomic mass is 10.0. The Hall–Kier alpha value is -2.41. The Morgan fingerprint density at radius 1 is 1.20 bits per heavy atom. The molecule has 1 aromatic carbocycles. The number of anilines is 1. The summed E-state index contributed by atoms with van der Waals surface area (Å²) in [6, 6.07) is 5.79. The molecule has 132 valence electrons.